The van der Waals surface area contributed by atoms with E-state index in [9.17, 15) is 22.8 Å². The number of alkyl halides is 3. The molecule has 0 atom stereocenters. The molecular formula is C19H18F3N5O2S2. The van der Waals surface area contributed by atoms with Crippen molar-refractivity contribution in [1.29, 1.82) is 0 Å². The van der Waals surface area contributed by atoms with Crippen LogP contribution in [0.15, 0.2) is 16.8 Å². The van der Waals surface area contributed by atoms with Gasteiger partial charge in [0.2, 0.25) is 0 Å². The van der Waals surface area contributed by atoms with Gasteiger partial charge in [0.05, 0.1) is 26.4 Å². The number of nitrogens with zero attached hydrogens (tertiary/aromatic N) is 4. The quantitative estimate of drug-likeness (QED) is 0.636. The predicted octanol–water partition coefficient (Wildman–Crippen LogP) is 3.40. The highest BCUT2D eigenvalue weighted by Crippen LogP contribution is 2.40. The summed E-state index contributed by atoms with van der Waals surface area (Å²) in [5.41, 5.74) is -0.291. The molecule has 3 aromatic heterocycles. The van der Waals surface area contributed by atoms with Gasteiger partial charge in [-0.3, -0.25) is 9.59 Å². The van der Waals surface area contributed by atoms with Crippen LogP contribution in [0.5, 0.6) is 0 Å². The molecule has 0 spiro atoms. The molecule has 0 radical (unpaired) electrons. The van der Waals surface area contributed by atoms with E-state index in [-0.39, 0.29) is 27.5 Å². The number of pyridine rings is 1. The number of thiophene rings is 1. The Balaban J connectivity index is 1.62. The molecule has 0 saturated carbocycles. The molecule has 31 heavy (non-hydrogen) atoms. The Morgan fingerprint density at radius 2 is 1.81 bits per heavy atom. The fraction of sp³-hybridized carbons (Fsp3) is 0.368. The zero-order valence-corrected chi connectivity index (χ0v) is 18.2. The summed E-state index contributed by atoms with van der Waals surface area (Å²) in [5.74, 6) is -0.541. The monoisotopic (exact) mass is 469 g/mol. The minimum absolute atomic E-state index is 0.0330. The lowest BCUT2D eigenvalue weighted by molar-refractivity contribution is -0.136. The molecule has 1 aliphatic heterocycles. The molecule has 164 valence electrons. The Hall–Kier alpha value is -2.73. The van der Waals surface area contributed by atoms with Gasteiger partial charge in [0.15, 0.2) is 0 Å². The Morgan fingerprint density at radius 3 is 2.39 bits per heavy atom. The Labute approximate surface area is 183 Å². The van der Waals surface area contributed by atoms with Crippen LogP contribution in [-0.4, -0.2) is 59.9 Å². The number of nitrogens with one attached hydrogen (secondary N) is 1. The second-order valence-electron chi connectivity index (χ2n) is 6.96. The number of halogens is 3. The van der Waals surface area contributed by atoms with E-state index in [2.05, 4.69) is 15.3 Å². The predicted molar refractivity (Wildman–Crippen MR) is 113 cm³/mol. The standard InChI is InChI=1S/C19H18F3N5O2S2/c1-10-24-13(9-30-10)18(29)27-5-3-26(4-6-27)14-7-12(19(20,21)22)16-15(25-14)11(8-31-16)17(28)23-2/h7-9H,3-6H2,1-2H3,(H,23,28). The molecule has 0 aromatic carbocycles. The fourth-order valence-corrected chi connectivity index (χ4v) is 5.04. The number of rotatable bonds is 3. The van der Waals surface area contributed by atoms with Crippen molar-refractivity contribution in [3.63, 3.8) is 0 Å². The van der Waals surface area contributed by atoms with Gasteiger partial charge in [0.25, 0.3) is 11.8 Å². The molecule has 0 aliphatic carbocycles. The van der Waals surface area contributed by atoms with Crippen LogP contribution in [0, 0.1) is 6.92 Å². The molecule has 7 nitrogen and oxygen atoms in total. The maximum Gasteiger partial charge on any atom is 0.417 e. The average Bonchev–Trinajstić information content (AvgIpc) is 3.37. The van der Waals surface area contributed by atoms with E-state index < -0.39 is 17.6 Å². The van der Waals surface area contributed by atoms with Gasteiger partial charge in [-0.15, -0.1) is 22.7 Å². The van der Waals surface area contributed by atoms with Crippen LogP contribution in [0.1, 0.15) is 31.4 Å². The Bertz CT molecular complexity index is 1150. The van der Waals surface area contributed by atoms with Crippen molar-refractivity contribution in [2.75, 3.05) is 38.1 Å². The van der Waals surface area contributed by atoms with Gasteiger partial charge in [-0.25, -0.2) is 9.97 Å². The van der Waals surface area contributed by atoms with E-state index >= 15 is 0 Å². The lowest BCUT2D eigenvalue weighted by Gasteiger charge is -2.35. The molecule has 1 fully saturated rings. The minimum Gasteiger partial charge on any atom is -0.355 e. The SMILES string of the molecule is CNC(=O)c1csc2c(C(F)(F)F)cc(N3CCN(C(=O)c4csc(C)n4)CC3)nc12. The molecule has 4 heterocycles. The number of amides is 2. The summed E-state index contributed by atoms with van der Waals surface area (Å²) in [4.78, 5) is 36.6. The van der Waals surface area contributed by atoms with Gasteiger partial charge >= 0.3 is 6.18 Å². The van der Waals surface area contributed by atoms with Crippen molar-refractivity contribution in [1.82, 2.24) is 20.2 Å². The first-order chi connectivity index (χ1) is 14.7. The molecule has 0 bridgehead atoms. The maximum absolute atomic E-state index is 13.7. The Kier molecular flexibility index (Phi) is 5.60. The van der Waals surface area contributed by atoms with Gasteiger partial charge < -0.3 is 15.1 Å². The van der Waals surface area contributed by atoms with Crippen LogP contribution in [-0.2, 0) is 6.18 Å². The number of carbonyl (C=O) groups excluding carboxylic acids is 2. The van der Waals surface area contributed by atoms with Crippen molar-refractivity contribution >= 4 is 50.5 Å². The van der Waals surface area contributed by atoms with Gasteiger partial charge in [-0.05, 0) is 13.0 Å². The van der Waals surface area contributed by atoms with Crippen LogP contribution in [0.25, 0.3) is 10.2 Å². The van der Waals surface area contributed by atoms with Crippen molar-refractivity contribution in [3.05, 3.63) is 38.7 Å². The van der Waals surface area contributed by atoms with Gasteiger partial charge in [-0.1, -0.05) is 0 Å². The van der Waals surface area contributed by atoms with Crippen molar-refractivity contribution in [2.45, 2.75) is 13.1 Å². The lowest BCUT2D eigenvalue weighted by atomic mass is 10.1. The number of hydrogen-bond acceptors (Lipinski definition) is 7. The molecule has 12 heteroatoms. The average molecular weight is 470 g/mol. The van der Waals surface area contributed by atoms with E-state index in [1.807, 2.05) is 6.92 Å². The zero-order chi connectivity index (χ0) is 22.3. The lowest BCUT2D eigenvalue weighted by Crippen LogP contribution is -2.49. The van der Waals surface area contributed by atoms with Crippen molar-refractivity contribution in [3.8, 4) is 0 Å². The summed E-state index contributed by atoms with van der Waals surface area (Å²) in [7, 11) is 1.42. The van der Waals surface area contributed by atoms with E-state index in [1.165, 1.54) is 23.8 Å². The number of aryl methyl sites for hydroxylation is 1. The van der Waals surface area contributed by atoms with E-state index in [1.54, 1.807) is 15.2 Å². The first-order valence-corrected chi connectivity index (χ1v) is 11.1. The number of anilines is 1. The van der Waals surface area contributed by atoms with Crippen LogP contribution < -0.4 is 10.2 Å². The minimum atomic E-state index is -4.58. The number of carbonyl (C=O) groups is 2. The summed E-state index contributed by atoms with van der Waals surface area (Å²) in [6, 6.07) is 1.02. The highest BCUT2D eigenvalue weighted by atomic mass is 32.1. The normalized spacial score (nSPS) is 14.9. The van der Waals surface area contributed by atoms with Crippen molar-refractivity contribution < 1.29 is 22.8 Å². The highest BCUT2D eigenvalue weighted by molar-refractivity contribution is 7.17. The first-order valence-electron chi connectivity index (χ1n) is 9.37. The van der Waals surface area contributed by atoms with Crippen molar-refractivity contribution in [2.24, 2.45) is 0 Å². The molecule has 3 aromatic rings. The molecule has 0 unspecified atom stereocenters. The largest absolute Gasteiger partial charge is 0.417 e. The third-order valence-electron chi connectivity index (χ3n) is 5.02. The highest BCUT2D eigenvalue weighted by Gasteiger charge is 2.36. The summed E-state index contributed by atoms with van der Waals surface area (Å²) in [5, 5.41) is 6.32. The number of aromatic nitrogens is 2. The number of thiazole rings is 1. The first kappa shape index (κ1) is 21.5. The van der Waals surface area contributed by atoms with Gasteiger partial charge in [-0.2, -0.15) is 13.2 Å². The summed E-state index contributed by atoms with van der Waals surface area (Å²) < 4.78 is 41.1. The van der Waals surface area contributed by atoms with E-state index in [0.29, 0.717) is 31.9 Å². The van der Waals surface area contributed by atoms with Crippen LogP contribution in [0.3, 0.4) is 0 Å². The molecule has 1 N–H and O–H groups in total. The third kappa shape index (κ3) is 4.09. The summed E-state index contributed by atoms with van der Waals surface area (Å²) >= 11 is 2.24. The second-order valence-corrected chi connectivity index (χ2v) is 8.90. The second kappa shape index (κ2) is 8.08. The van der Waals surface area contributed by atoms with E-state index in [0.717, 1.165) is 22.4 Å². The molecular weight excluding hydrogens is 451 g/mol. The third-order valence-corrected chi connectivity index (χ3v) is 6.79. The van der Waals surface area contributed by atoms with Crippen LogP contribution in [0.2, 0.25) is 0 Å². The molecule has 4 rings (SSSR count). The summed E-state index contributed by atoms with van der Waals surface area (Å²) in [6.45, 7) is 3.13. The number of hydrogen-bond donors (Lipinski definition) is 1. The zero-order valence-electron chi connectivity index (χ0n) is 16.6. The fourth-order valence-electron chi connectivity index (χ4n) is 3.43. The Morgan fingerprint density at radius 1 is 1.10 bits per heavy atom. The topological polar surface area (TPSA) is 78.4 Å². The van der Waals surface area contributed by atoms with Gasteiger partial charge in [0.1, 0.15) is 11.5 Å². The number of piperazine rings is 1. The van der Waals surface area contributed by atoms with Gasteiger partial charge in [0, 0.05) is 44.0 Å². The van der Waals surface area contributed by atoms with Crippen LogP contribution >= 0.6 is 22.7 Å². The summed E-state index contributed by atoms with van der Waals surface area (Å²) in [6.07, 6.45) is -4.58. The van der Waals surface area contributed by atoms with E-state index in [4.69, 9.17) is 0 Å². The molecule has 2 amide bonds. The molecule has 1 aliphatic rings. The van der Waals surface area contributed by atoms with Crippen LogP contribution in [0.4, 0.5) is 19.0 Å². The molecule has 1 saturated heterocycles. The maximum atomic E-state index is 13.7. The smallest absolute Gasteiger partial charge is 0.355 e. The number of fused-ring (bicyclic) bond motifs is 1.